The SMILES string of the molecule is COc1cc(C(=O)N[C@H]2CNCC[C@@H]2F)cc2nc(-c3cc4ccc5nc4n3C[C@@H]3[C@@H](CCCC(C)(C)C(=O)N[C@@H]5C)C3(F)F)n(C)c12. The van der Waals surface area contributed by atoms with E-state index in [1.54, 1.807) is 12.1 Å². The first-order chi connectivity index (χ1) is 22.8. The van der Waals surface area contributed by atoms with Crippen molar-refractivity contribution in [1.29, 1.82) is 0 Å². The summed E-state index contributed by atoms with van der Waals surface area (Å²) in [6.07, 6.45) is 0.523. The molecule has 1 aromatic carbocycles. The van der Waals surface area contributed by atoms with E-state index in [-0.39, 0.29) is 18.0 Å². The maximum atomic E-state index is 15.4. The van der Waals surface area contributed by atoms with Crippen LogP contribution in [0.4, 0.5) is 13.2 Å². The average molecular weight is 666 g/mol. The molecular weight excluding hydrogens is 623 g/mol. The zero-order valence-corrected chi connectivity index (χ0v) is 27.9. The number of ether oxygens (including phenoxy) is 1. The zero-order valence-electron chi connectivity index (χ0n) is 27.9. The molecule has 1 aliphatic carbocycles. The molecule has 2 fully saturated rings. The highest BCUT2D eigenvalue weighted by atomic mass is 19.3. The second-order valence-corrected chi connectivity index (χ2v) is 14.3. The van der Waals surface area contributed by atoms with Crippen molar-refractivity contribution in [1.82, 2.24) is 35.1 Å². The predicted octanol–water partition coefficient (Wildman–Crippen LogP) is 5.30. The fourth-order valence-corrected chi connectivity index (χ4v) is 7.44. The smallest absolute Gasteiger partial charge is 0.256 e. The Kier molecular flexibility index (Phi) is 7.96. The summed E-state index contributed by atoms with van der Waals surface area (Å²) < 4.78 is 54.6. The van der Waals surface area contributed by atoms with Gasteiger partial charge in [-0.25, -0.2) is 23.1 Å². The van der Waals surface area contributed by atoms with Gasteiger partial charge in [-0.05, 0) is 63.1 Å². The molecule has 1 saturated heterocycles. The number of carbonyl (C=O) groups is 2. The van der Waals surface area contributed by atoms with Gasteiger partial charge in [-0.3, -0.25) is 9.59 Å². The van der Waals surface area contributed by atoms with Crippen LogP contribution in [0.1, 0.15) is 68.5 Å². The van der Waals surface area contributed by atoms with E-state index < -0.39 is 47.3 Å². The van der Waals surface area contributed by atoms with Crippen LogP contribution in [0, 0.1) is 17.3 Å². The lowest BCUT2D eigenvalue weighted by Gasteiger charge is -2.27. The molecule has 0 radical (unpaired) electrons. The molecule has 256 valence electrons. The third-order valence-electron chi connectivity index (χ3n) is 10.6. The molecule has 48 heavy (non-hydrogen) atoms. The zero-order chi connectivity index (χ0) is 34.1. The van der Waals surface area contributed by atoms with Gasteiger partial charge < -0.3 is 29.8 Å². The predicted molar refractivity (Wildman–Crippen MR) is 176 cm³/mol. The number of carbonyl (C=O) groups excluding carboxylic acids is 2. The molecule has 7 rings (SSSR count). The van der Waals surface area contributed by atoms with E-state index in [1.807, 2.05) is 55.2 Å². The van der Waals surface area contributed by atoms with Crippen molar-refractivity contribution >= 4 is 33.9 Å². The molecule has 13 heteroatoms. The molecule has 3 N–H and O–H groups in total. The normalized spacial score (nSPS) is 26.9. The van der Waals surface area contributed by atoms with E-state index in [0.717, 1.165) is 5.39 Å². The van der Waals surface area contributed by atoms with Crippen LogP contribution in [0.5, 0.6) is 5.75 Å². The van der Waals surface area contributed by atoms with Gasteiger partial charge in [-0.2, -0.15) is 0 Å². The van der Waals surface area contributed by atoms with Crippen molar-refractivity contribution < 1.29 is 27.5 Å². The van der Waals surface area contributed by atoms with Gasteiger partial charge in [0.2, 0.25) is 5.91 Å². The summed E-state index contributed by atoms with van der Waals surface area (Å²) in [6.45, 7) is 6.52. The number of piperidine rings is 1. The van der Waals surface area contributed by atoms with Gasteiger partial charge in [0, 0.05) is 48.3 Å². The highest BCUT2D eigenvalue weighted by Gasteiger charge is 2.67. The van der Waals surface area contributed by atoms with Crippen LogP contribution in [0.2, 0.25) is 0 Å². The van der Waals surface area contributed by atoms with Crippen LogP contribution in [0.25, 0.3) is 33.6 Å². The molecule has 10 nitrogen and oxygen atoms in total. The highest BCUT2D eigenvalue weighted by Crippen LogP contribution is 2.59. The fraction of sp³-hybridized carbons (Fsp3) is 0.543. The van der Waals surface area contributed by atoms with Crippen molar-refractivity contribution in [3.63, 3.8) is 0 Å². The lowest BCUT2D eigenvalue weighted by molar-refractivity contribution is -0.130. The maximum Gasteiger partial charge on any atom is 0.256 e. The van der Waals surface area contributed by atoms with Crippen molar-refractivity contribution in [2.24, 2.45) is 24.3 Å². The van der Waals surface area contributed by atoms with Crippen molar-refractivity contribution in [2.45, 2.75) is 77.2 Å². The molecule has 1 saturated carbocycles. The summed E-state index contributed by atoms with van der Waals surface area (Å²) >= 11 is 0. The second-order valence-electron chi connectivity index (χ2n) is 14.3. The minimum atomic E-state index is -2.84. The number of pyridine rings is 1. The van der Waals surface area contributed by atoms with Crippen LogP contribution in [0.15, 0.2) is 30.3 Å². The number of imidazole rings is 1. The number of benzene rings is 1. The third kappa shape index (κ3) is 5.49. The molecule has 5 heterocycles. The molecule has 2 aliphatic heterocycles. The highest BCUT2D eigenvalue weighted by molar-refractivity contribution is 6.00. The number of hydrogen-bond donors (Lipinski definition) is 3. The molecule has 0 spiro atoms. The Balaban J connectivity index is 1.32. The van der Waals surface area contributed by atoms with E-state index in [1.165, 1.54) is 7.11 Å². The molecule has 5 atom stereocenters. The van der Waals surface area contributed by atoms with Gasteiger partial charge in [-0.15, -0.1) is 0 Å². The maximum absolute atomic E-state index is 15.4. The lowest BCUT2D eigenvalue weighted by atomic mass is 9.85. The summed E-state index contributed by atoms with van der Waals surface area (Å²) in [4.78, 5) is 36.3. The first-order valence-corrected chi connectivity index (χ1v) is 16.7. The molecule has 3 aromatic heterocycles. The molecule has 4 aromatic rings. The van der Waals surface area contributed by atoms with Gasteiger partial charge in [0.1, 0.15) is 23.1 Å². The van der Waals surface area contributed by atoms with E-state index in [0.29, 0.717) is 78.4 Å². The molecule has 2 amide bonds. The number of aromatic nitrogens is 4. The summed E-state index contributed by atoms with van der Waals surface area (Å²) in [5.41, 5.74) is 2.42. The molecule has 0 unspecified atom stereocenters. The number of alkyl halides is 3. The van der Waals surface area contributed by atoms with Crippen LogP contribution in [0.3, 0.4) is 0 Å². The number of fused-ring (bicyclic) bond motifs is 3. The minimum absolute atomic E-state index is 0.0465. The van der Waals surface area contributed by atoms with E-state index in [9.17, 15) is 14.0 Å². The van der Waals surface area contributed by atoms with Gasteiger partial charge in [0.15, 0.2) is 5.82 Å². The van der Waals surface area contributed by atoms with Crippen LogP contribution < -0.4 is 20.7 Å². The topological polar surface area (TPSA) is 115 Å². The first-order valence-electron chi connectivity index (χ1n) is 16.7. The number of nitrogens with one attached hydrogen (secondary N) is 3. The number of methoxy groups -OCH3 is 1. The Morgan fingerprint density at radius 1 is 1.12 bits per heavy atom. The number of halogens is 3. The Hall–Kier alpha value is -4.13. The van der Waals surface area contributed by atoms with Crippen LogP contribution >= 0.6 is 0 Å². The Morgan fingerprint density at radius 3 is 2.67 bits per heavy atom. The Morgan fingerprint density at radius 2 is 1.92 bits per heavy atom. The summed E-state index contributed by atoms with van der Waals surface area (Å²) in [6, 6.07) is 7.83. The monoisotopic (exact) mass is 665 g/mol. The van der Waals surface area contributed by atoms with E-state index >= 15 is 8.78 Å². The van der Waals surface area contributed by atoms with Gasteiger partial charge in [0.25, 0.3) is 11.8 Å². The standard InChI is InChI=1S/C35H42F3N7O3/c1-18-24-9-8-19-14-27(45(30(19)41-24)17-22-21(35(22,37)38)7-6-11-34(2,3)33(47)40-18)31-42-25-13-20(15-28(48-5)29(25)44(31)4)32(46)43-26-16-39-12-10-23(26)36/h8-9,13-15,18,21-23,26,39H,6-7,10-12,16-17H2,1-5H3,(H,40,47)(H,43,46)/t18-,21-,22-,23+,26+/m1/s1. The van der Waals surface area contributed by atoms with Crippen LogP contribution in [-0.2, 0) is 18.4 Å². The number of aryl methyl sites for hydroxylation is 1. The number of hydrogen-bond acceptors (Lipinski definition) is 6. The first kappa shape index (κ1) is 32.4. The van der Waals surface area contributed by atoms with Crippen molar-refractivity contribution in [3.8, 4) is 17.3 Å². The molecule has 3 aliphatic rings. The molecule has 2 bridgehead atoms. The lowest BCUT2D eigenvalue weighted by Crippen LogP contribution is -2.52. The Bertz CT molecular complexity index is 1920. The van der Waals surface area contributed by atoms with Crippen molar-refractivity contribution in [3.05, 3.63) is 41.6 Å². The van der Waals surface area contributed by atoms with Crippen molar-refractivity contribution in [2.75, 3.05) is 20.2 Å². The quantitative estimate of drug-likeness (QED) is 0.273. The van der Waals surface area contributed by atoms with Gasteiger partial charge >= 0.3 is 0 Å². The van der Waals surface area contributed by atoms with Crippen LogP contribution in [-0.4, -0.2) is 69.3 Å². The van der Waals surface area contributed by atoms with Gasteiger partial charge in [0.05, 0.1) is 36.1 Å². The number of rotatable bonds is 4. The summed E-state index contributed by atoms with van der Waals surface area (Å²) in [7, 11) is 3.31. The summed E-state index contributed by atoms with van der Waals surface area (Å²) in [5.74, 6) is -4.20. The van der Waals surface area contributed by atoms with E-state index in [4.69, 9.17) is 14.7 Å². The Labute approximate surface area is 276 Å². The van der Waals surface area contributed by atoms with Gasteiger partial charge in [-0.1, -0.05) is 20.3 Å². The average Bonchev–Trinajstić information content (AvgIpc) is 3.29. The minimum Gasteiger partial charge on any atom is -0.494 e. The molecular formula is C35H42F3N7O3. The number of nitrogens with zero attached hydrogens (tertiary/aromatic N) is 4. The fourth-order valence-electron chi connectivity index (χ4n) is 7.44. The largest absolute Gasteiger partial charge is 0.494 e. The van der Waals surface area contributed by atoms with E-state index in [2.05, 4.69) is 16.0 Å². The third-order valence-corrected chi connectivity index (χ3v) is 10.6. The summed E-state index contributed by atoms with van der Waals surface area (Å²) in [5, 5.41) is 9.73. The second kappa shape index (κ2) is 11.8. The number of amides is 2.